The summed E-state index contributed by atoms with van der Waals surface area (Å²) in [5, 5.41) is 19.9. The minimum absolute atomic E-state index is 0.0842. The highest BCUT2D eigenvalue weighted by atomic mass is 19.3. The number of rotatable bonds is 8. The maximum absolute atomic E-state index is 15.4. The van der Waals surface area contributed by atoms with Crippen LogP contribution in [0, 0.1) is 24.1 Å². The molecule has 2 saturated heterocycles. The lowest BCUT2D eigenvalue weighted by Gasteiger charge is -2.41. The number of imidazole rings is 1. The average molecular weight is 618 g/mol. The number of fused-ring (bicyclic) bond motifs is 1. The summed E-state index contributed by atoms with van der Waals surface area (Å²) in [5.41, 5.74) is 1.28. The lowest BCUT2D eigenvalue weighted by atomic mass is 10.0. The van der Waals surface area contributed by atoms with Crippen molar-refractivity contribution in [3.8, 4) is 17.7 Å². The van der Waals surface area contributed by atoms with E-state index >= 15 is 4.39 Å². The van der Waals surface area contributed by atoms with Crippen molar-refractivity contribution >= 4 is 16.7 Å². The van der Waals surface area contributed by atoms with Crippen molar-refractivity contribution < 1.29 is 22.6 Å². The number of dihydropyridines is 1. The van der Waals surface area contributed by atoms with Crippen molar-refractivity contribution in [3.63, 3.8) is 0 Å². The highest BCUT2D eigenvalue weighted by molar-refractivity contribution is 5.82. The van der Waals surface area contributed by atoms with Crippen molar-refractivity contribution in [2.24, 2.45) is 0 Å². The molecule has 0 amide bonds. The molecule has 0 saturated carbocycles. The molecule has 6 heterocycles. The largest absolute Gasteiger partial charge is 0.493 e. The third-order valence-corrected chi connectivity index (χ3v) is 8.28. The van der Waals surface area contributed by atoms with Gasteiger partial charge < -0.3 is 20.1 Å². The summed E-state index contributed by atoms with van der Waals surface area (Å²) >= 11 is 0. The number of nitriles is 1. The molecule has 1 aromatic carbocycles. The first-order valence-electron chi connectivity index (χ1n) is 14.7. The van der Waals surface area contributed by atoms with Crippen molar-refractivity contribution in [2.45, 2.75) is 38.3 Å². The number of alkyl halides is 2. The second-order valence-corrected chi connectivity index (χ2v) is 11.2. The van der Waals surface area contributed by atoms with Crippen LogP contribution in [-0.4, -0.2) is 74.2 Å². The van der Waals surface area contributed by atoms with Gasteiger partial charge in [0.25, 0.3) is 6.43 Å². The Balaban J connectivity index is 1.07. The van der Waals surface area contributed by atoms with Crippen LogP contribution in [0.2, 0.25) is 0 Å². The summed E-state index contributed by atoms with van der Waals surface area (Å²) in [6, 6.07) is 9.85. The molecule has 0 bridgehead atoms. The van der Waals surface area contributed by atoms with Crippen LogP contribution in [0.3, 0.4) is 0 Å². The summed E-state index contributed by atoms with van der Waals surface area (Å²) in [6.07, 6.45) is 4.56. The van der Waals surface area contributed by atoms with Gasteiger partial charge in [-0.2, -0.15) is 10.4 Å². The van der Waals surface area contributed by atoms with E-state index < -0.39 is 17.9 Å². The third kappa shape index (κ3) is 5.72. The number of aryl methyl sites for hydroxylation is 1. The Hall–Kier alpha value is -4.87. The number of nitrogens with one attached hydrogen (secondary N) is 2. The van der Waals surface area contributed by atoms with Crippen molar-refractivity contribution in [1.82, 2.24) is 34.5 Å². The van der Waals surface area contributed by atoms with Crippen LogP contribution in [-0.2, 0) is 9.47 Å². The molecule has 7 rings (SSSR count). The summed E-state index contributed by atoms with van der Waals surface area (Å²) in [4.78, 5) is 11.4. The van der Waals surface area contributed by atoms with Gasteiger partial charge >= 0.3 is 0 Å². The van der Waals surface area contributed by atoms with E-state index in [4.69, 9.17) is 9.47 Å². The summed E-state index contributed by atoms with van der Waals surface area (Å²) in [6.45, 7) is 5.75. The van der Waals surface area contributed by atoms with Crippen molar-refractivity contribution in [1.29, 1.82) is 5.26 Å². The first-order chi connectivity index (χ1) is 21.9. The van der Waals surface area contributed by atoms with Crippen LogP contribution < -0.4 is 10.6 Å². The van der Waals surface area contributed by atoms with E-state index in [0.29, 0.717) is 41.0 Å². The standard InChI is InChI=1S/C31H30F3N9O2/c1-18-10-26(30(33)34)40-43(18)31-19(13-35)2-5-29(39-31)42-17-37-25-12-24(23(32)11-27(25)42)38-28-4-3-22(14-36-28)45-21-6-8-41(9-7-21)20-15-44-16-20/h2-5,10-12,17,20-21,30,36,38H,6-9,14-16H2,1H3. The molecule has 2 fully saturated rings. The van der Waals surface area contributed by atoms with Gasteiger partial charge in [0, 0.05) is 24.8 Å². The fourth-order valence-electron chi connectivity index (χ4n) is 5.74. The third-order valence-electron chi connectivity index (χ3n) is 8.28. The number of ether oxygens (including phenoxy) is 2. The van der Waals surface area contributed by atoms with E-state index in [1.165, 1.54) is 29.2 Å². The van der Waals surface area contributed by atoms with Crippen LogP contribution in [0.4, 0.5) is 18.9 Å². The number of benzene rings is 1. The van der Waals surface area contributed by atoms with Gasteiger partial charge in [-0.25, -0.2) is 27.8 Å². The van der Waals surface area contributed by atoms with Crippen LogP contribution in [0.15, 0.2) is 60.4 Å². The Kier molecular flexibility index (Phi) is 7.64. The molecule has 4 aromatic rings. The van der Waals surface area contributed by atoms with Crippen LogP contribution in [0.5, 0.6) is 0 Å². The van der Waals surface area contributed by atoms with Crippen molar-refractivity contribution in [3.05, 3.63) is 83.2 Å². The Bertz CT molecular complexity index is 1850. The highest BCUT2D eigenvalue weighted by Gasteiger charge is 2.30. The Morgan fingerprint density at radius 1 is 1.16 bits per heavy atom. The second-order valence-electron chi connectivity index (χ2n) is 11.2. The first kappa shape index (κ1) is 28.9. The van der Waals surface area contributed by atoms with Crippen LogP contribution in [0.1, 0.15) is 36.2 Å². The van der Waals surface area contributed by atoms with Gasteiger partial charge in [0.2, 0.25) is 0 Å². The maximum atomic E-state index is 15.4. The number of nitrogens with zero attached hydrogens (tertiary/aromatic N) is 7. The molecule has 0 unspecified atom stereocenters. The van der Waals surface area contributed by atoms with E-state index in [0.717, 1.165) is 44.9 Å². The molecule has 45 heavy (non-hydrogen) atoms. The number of likely N-dealkylation sites (tertiary alicyclic amines) is 1. The van der Waals surface area contributed by atoms with E-state index in [2.05, 4.69) is 30.6 Å². The predicted molar refractivity (Wildman–Crippen MR) is 158 cm³/mol. The summed E-state index contributed by atoms with van der Waals surface area (Å²) in [5.74, 6) is 1.35. The first-order valence-corrected chi connectivity index (χ1v) is 14.7. The predicted octanol–water partition coefficient (Wildman–Crippen LogP) is 4.48. The van der Waals surface area contributed by atoms with E-state index in [-0.39, 0.29) is 23.2 Å². The molecule has 3 aromatic heterocycles. The molecule has 2 N–H and O–H groups in total. The topological polar surface area (TPSA) is 118 Å². The molecule has 0 spiro atoms. The van der Waals surface area contributed by atoms with Gasteiger partial charge in [-0.1, -0.05) is 0 Å². The number of pyridine rings is 1. The smallest absolute Gasteiger partial charge is 0.282 e. The number of hydrogen-bond acceptors (Lipinski definition) is 9. The molecule has 3 aliphatic heterocycles. The minimum atomic E-state index is -2.77. The van der Waals surface area contributed by atoms with Crippen molar-refractivity contribution in [2.75, 3.05) is 38.2 Å². The molecule has 0 aliphatic carbocycles. The molecular weight excluding hydrogens is 587 g/mol. The maximum Gasteiger partial charge on any atom is 0.282 e. The number of allylic oxidation sites excluding steroid dienone is 2. The number of halogens is 3. The number of hydrogen-bond donors (Lipinski definition) is 2. The fourth-order valence-corrected chi connectivity index (χ4v) is 5.74. The van der Waals surface area contributed by atoms with Gasteiger partial charge in [0.05, 0.1) is 48.1 Å². The van der Waals surface area contributed by atoms with Gasteiger partial charge in [-0.15, -0.1) is 0 Å². The number of aromatic nitrogens is 5. The number of piperidine rings is 1. The highest BCUT2D eigenvalue weighted by Crippen LogP contribution is 2.28. The zero-order valence-corrected chi connectivity index (χ0v) is 24.4. The Labute approximate surface area is 256 Å². The van der Waals surface area contributed by atoms with E-state index in [1.807, 2.05) is 18.2 Å². The van der Waals surface area contributed by atoms with Gasteiger partial charge in [0.15, 0.2) is 5.82 Å². The van der Waals surface area contributed by atoms with Gasteiger partial charge in [-0.3, -0.25) is 9.47 Å². The van der Waals surface area contributed by atoms with Gasteiger partial charge in [0.1, 0.15) is 47.4 Å². The molecule has 3 aliphatic rings. The zero-order valence-electron chi connectivity index (χ0n) is 24.4. The summed E-state index contributed by atoms with van der Waals surface area (Å²) < 4.78 is 56.2. The summed E-state index contributed by atoms with van der Waals surface area (Å²) in [7, 11) is 0. The van der Waals surface area contributed by atoms with E-state index in [1.54, 1.807) is 23.6 Å². The monoisotopic (exact) mass is 617 g/mol. The quantitative estimate of drug-likeness (QED) is 0.295. The van der Waals surface area contributed by atoms with Crippen LogP contribution >= 0.6 is 0 Å². The number of anilines is 1. The van der Waals surface area contributed by atoms with Crippen LogP contribution in [0.25, 0.3) is 22.7 Å². The lowest BCUT2D eigenvalue weighted by Crippen LogP contribution is -2.52. The second kappa shape index (κ2) is 11.9. The Morgan fingerprint density at radius 2 is 1.98 bits per heavy atom. The Morgan fingerprint density at radius 3 is 2.64 bits per heavy atom. The normalized spacial score (nSPS) is 17.9. The fraction of sp³-hybridized carbons (Fsp3) is 0.355. The molecule has 232 valence electrons. The lowest BCUT2D eigenvalue weighted by molar-refractivity contribution is -0.0819. The average Bonchev–Trinajstić information content (AvgIpc) is 3.61. The van der Waals surface area contributed by atoms with E-state index in [9.17, 15) is 14.0 Å². The minimum Gasteiger partial charge on any atom is -0.493 e. The molecule has 0 atom stereocenters. The van der Waals surface area contributed by atoms with Gasteiger partial charge in [-0.05, 0) is 56.2 Å². The zero-order chi connectivity index (χ0) is 31.1. The molecule has 14 heteroatoms. The molecule has 0 radical (unpaired) electrons. The molecular formula is C31H30F3N9O2. The molecule has 11 nitrogen and oxygen atoms in total. The SMILES string of the molecule is Cc1cc(C(F)F)nn1-c1nc(-n2cnc3cc(NC4=CC=C(OC5CCN(C6COC6)CC5)CN4)c(F)cc32)ccc1C#N.